The number of nitrogens with one attached hydrogen (secondary N) is 1. The number of aryl methyl sites for hydroxylation is 2. The van der Waals surface area contributed by atoms with Gasteiger partial charge >= 0.3 is 0 Å². The molecule has 0 radical (unpaired) electrons. The summed E-state index contributed by atoms with van der Waals surface area (Å²) < 4.78 is 17.8. The highest BCUT2D eigenvalue weighted by atomic mass is 35.5. The zero-order chi connectivity index (χ0) is 27.4. The molecule has 1 amide bonds. The minimum atomic E-state index is -0.852. The van der Waals surface area contributed by atoms with E-state index >= 15 is 0 Å². The quantitative estimate of drug-likeness (QED) is 0.330. The van der Waals surface area contributed by atoms with Gasteiger partial charge in [-0.15, -0.1) is 0 Å². The molecule has 0 atom stereocenters. The average molecular weight is 571 g/mol. The maximum absolute atomic E-state index is 14.5. The lowest BCUT2D eigenvalue weighted by Gasteiger charge is -2.18. The maximum Gasteiger partial charge on any atom is 0.263 e. The summed E-state index contributed by atoms with van der Waals surface area (Å²) in [5.41, 5.74) is 2.01. The number of hydrogen-bond donors (Lipinski definition) is 2. The van der Waals surface area contributed by atoms with Crippen molar-refractivity contribution in [1.82, 2.24) is 19.1 Å². The Morgan fingerprint density at radius 1 is 1.13 bits per heavy atom. The molecule has 0 unspecified atom stereocenters. The first-order valence-electron chi connectivity index (χ1n) is 12.7. The number of anilines is 2. The summed E-state index contributed by atoms with van der Waals surface area (Å²) in [6, 6.07) is 4.89. The Morgan fingerprint density at radius 3 is 2.64 bits per heavy atom. The largest absolute Gasteiger partial charge is 0.506 e. The number of phenols is 1. The average Bonchev–Trinajstić information content (AvgIpc) is 3.66. The lowest BCUT2D eigenvalue weighted by Crippen LogP contribution is -2.23. The SMILES string of the molecule is Cc1cc(-c2cn(CC(=O)Nc3cc(N4CCCC4)nc(F)c3Cl)c3nc4n(c(=O)c23)CCC4)cc(Cl)c1O. The molecule has 1 fully saturated rings. The first-order chi connectivity index (χ1) is 18.7. The van der Waals surface area contributed by atoms with Crippen molar-refractivity contribution < 1.29 is 14.3 Å². The molecule has 2 N–H and O–H groups in total. The van der Waals surface area contributed by atoms with E-state index in [4.69, 9.17) is 28.2 Å². The van der Waals surface area contributed by atoms with E-state index in [9.17, 15) is 19.1 Å². The smallest absolute Gasteiger partial charge is 0.263 e. The maximum atomic E-state index is 14.5. The van der Waals surface area contributed by atoms with Crippen molar-refractivity contribution in [2.45, 2.75) is 45.7 Å². The van der Waals surface area contributed by atoms with Crippen molar-refractivity contribution in [2.75, 3.05) is 23.3 Å². The second kappa shape index (κ2) is 9.84. The van der Waals surface area contributed by atoms with Crippen LogP contribution in [0.3, 0.4) is 0 Å². The van der Waals surface area contributed by atoms with Gasteiger partial charge in [0.1, 0.15) is 34.6 Å². The molecule has 0 saturated carbocycles. The van der Waals surface area contributed by atoms with E-state index in [0.29, 0.717) is 52.3 Å². The molecule has 39 heavy (non-hydrogen) atoms. The fourth-order valence-electron chi connectivity index (χ4n) is 5.39. The molecular weight excluding hydrogens is 546 g/mol. The number of halogens is 3. The molecule has 1 aromatic carbocycles. The number of nitrogens with zero attached hydrogens (tertiary/aromatic N) is 5. The van der Waals surface area contributed by atoms with Gasteiger partial charge in [-0.05, 0) is 49.4 Å². The van der Waals surface area contributed by atoms with Gasteiger partial charge in [0.2, 0.25) is 11.9 Å². The van der Waals surface area contributed by atoms with Gasteiger partial charge in [0, 0.05) is 43.9 Å². The number of carbonyl (C=O) groups excluding carboxylic acids is 1. The molecule has 0 bridgehead atoms. The molecule has 1 saturated heterocycles. The zero-order valence-electron chi connectivity index (χ0n) is 21.1. The number of phenolic OH excluding ortho intramolecular Hbond substituents is 1. The fourth-order valence-corrected chi connectivity index (χ4v) is 5.80. The van der Waals surface area contributed by atoms with Gasteiger partial charge in [0.05, 0.1) is 16.1 Å². The molecule has 3 aromatic heterocycles. The standard InChI is InChI=1S/C27H25Cl2FN6O3/c1-14-9-15(10-17(28)24(14)38)16-12-35(26-22(16)27(39)36-8-4-5-19(36)33-26)13-21(37)31-18-11-20(32-25(30)23(18)29)34-6-2-3-7-34/h9-12,38H,2-8,13H2,1H3,(H,31,32,37). The van der Waals surface area contributed by atoms with E-state index in [1.807, 2.05) is 4.90 Å². The van der Waals surface area contributed by atoms with Crippen LogP contribution in [-0.2, 0) is 24.3 Å². The van der Waals surface area contributed by atoms with Crippen molar-refractivity contribution in [3.63, 3.8) is 0 Å². The summed E-state index contributed by atoms with van der Waals surface area (Å²) in [5.74, 6) is -0.277. The van der Waals surface area contributed by atoms with E-state index in [0.717, 1.165) is 32.4 Å². The molecule has 0 spiro atoms. The number of pyridine rings is 1. The summed E-state index contributed by atoms with van der Waals surface area (Å²) >= 11 is 12.4. The Balaban J connectivity index is 1.40. The van der Waals surface area contributed by atoms with Crippen molar-refractivity contribution in [2.24, 2.45) is 0 Å². The monoisotopic (exact) mass is 570 g/mol. The fraction of sp³-hybridized carbons (Fsp3) is 0.333. The highest BCUT2D eigenvalue weighted by Gasteiger charge is 2.24. The van der Waals surface area contributed by atoms with Gasteiger partial charge in [-0.1, -0.05) is 23.2 Å². The third-order valence-electron chi connectivity index (χ3n) is 7.32. The van der Waals surface area contributed by atoms with Crippen LogP contribution >= 0.6 is 23.2 Å². The minimum absolute atomic E-state index is 0.0333. The van der Waals surface area contributed by atoms with E-state index < -0.39 is 11.9 Å². The highest BCUT2D eigenvalue weighted by molar-refractivity contribution is 6.34. The molecule has 9 nitrogen and oxygen atoms in total. The number of aromatic hydroxyl groups is 1. The molecular formula is C27H25Cl2FN6O3. The lowest BCUT2D eigenvalue weighted by molar-refractivity contribution is -0.116. The van der Waals surface area contributed by atoms with E-state index in [1.54, 1.807) is 40.5 Å². The summed E-state index contributed by atoms with van der Waals surface area (Å²) in [7, 11) is 0. The lowest BCUT2D eigenvalue weighted by atomic mass is 10.0. The number of carbonyl (C=O) groups is 1. The van der Waals surface area contributed by atoms with Crippen LogP contribution in [0, 0.1) is 12.9 Å². The molecule has 6 rings (SSSR count). The van der Waals surface area contributed by atoms with Gasteiger partial charge in [0.25, 0.3) is 5.56 Å². The van der Waals surface area contributed by atoms with Crippen LogP contribution < -0.4 is 15.8 Å². The summed E-state index contributed by atoms with van der Waals surface area (Å²) in [6.45, 7) is 3.60. The highest BCUT2D eigenvalue weighted by Crippen LogP contribution is 2.36. The number of hydrogen-bond acceptors (Lipinski definition) is 6. The topological polar surface area (TPSA) is 105 Å². The van der Waals surface area contributed by atoms with Crippen molar-refractivity contribution >= 4 is 51.6 Å². The summed E-state index contributed by atoms with van der Waals surface area (Å²) in [5, 5.41) is 13.1. The zero-order valence-corrected chi connectivity index (χ0v) is 22.6. The van der Waals surface area contributed by atoms with Gasteiger partial charge in [-0.3, -0.25) is 14.2 Å². The first kappa shape index (κ1) is 25.6. The van der Waals surface area contributed by atoms with Gasteiger partial charge in [-0.2, -0.15) is 4.39 Å². The Morgan fingerprint density at radius 2 is 1.90 bits per heavy atom. The van der Waals surface area contributed by atoms with Crippen molar-refractivity contribution in [3.8, 4) is 16.9 Å². The van der Waals surface area contributed by atoms with Gasteiger partial charge < -0.3 is 19.9 Å². The van der Waals surface area contributed by atoms with Gasteiger partial charge in [-0.25, -0.2) is 9.97 Å². The summed E-state index contributed by atoms with van der Waals surface area (Å²) in [4.78, 5) is 37.4. The molecule has 0 aliphatic carbocycles. The molecule has 2 aliphatic heterocycles. The molecule has 12 heteroatoms. The molecule has 4 aromatic rings. The number of fused-ring (bicyclic) bond motifs is 2. The summed E-state index contributed by atoms with van der Waals surface area (Å²) in [6.07, 6.45) is 5.12. The second-order valence-corrected chi connectivity index (χ2v) is 10.7. The normalized spacial score (nSPS) is 14.8. The van der Waals surface area contributed by atoms with E-state index in [2.05, 4.69) is 10.3 Å². The predicted octanol–water partition coefficient (Wildman–Crippen LogP) is 4.91. The molecule has 202 valence electrons. The number of rotatable bonds is 5. The third kappa shape index (κ3) is 4.51. The van der Waals surface area contributed by atoms with Crippen LogP contribution in [-0.4, -0.2) is 43.2 Å². The van der Waals surface area contributed by atoms with Gasteiger partial charge in [0.15, 0.2) is 0 Å². The second-order valence-electron chi connectivity index (χ2n) is 9.96. The first-order valence-corrected chi connectivity index (χ1v) is 13.5. The van der Waals surface area contributed by atoms with Crippen LogP contribution in [0.2, 0.25) is 10.0 Å². The molecule has 2 aliphatic rings. The van der Waals surface area contributed by atoms with Crippen LogP contribution in [0.5, 0.6) is 5.75 Å². The van der Waals surface area contributed by atoms with Crippen molar-refractivity contribution in [1.29, 1.82) is 0 Å². The Hall–Kier alpha value is -3.63. The van der Waals surface area contributed by atoms with Crippen molar-refractivity contribution in [3.05, 3.63) is 62.1 Å². The van der Waals surface area contributed by atoms with Crippen LogP contribution in [0.1, 0.15) is 30.7 Å². The van der Waals surface area contributed by atoms with Crippen LogP contribution in [0.25, 0.3) is 22.2 Å². The number of amides is 1. The third-order valence-corrected chi connectivity index (χ3v) is 7.97. The van der Waals surface area contributed by atoms with E-state index in [1.165, 1.54) is 0 Å². The Kier molecular flexibility index (Phi) is 6.47. The molecule has 5 heterocycles. The minimum Gasteiger partial charge on any atom is -0.506 e. The Labute approximate surface area is 232 Å². The Bertz CT molecular complexity index is 1690. The van der Waals surface area contributed by atoms with E-state index in [-0.39, 0.29) is 33.6 Å². The number of benzene rings is 1. The van der Waals surface area contributed by atoms with Crippen LogP contribution in [0.4, 0.5) is 15.9 Å². The van der Waals surface area contributed by atoms with Crippen LogP contribution in [0.15, 0.2) is 29.2 Å². The number of aromatic nitrogens is 4. The predicted molar refractivity (Wildman–Crippen MR) is 148 cm³/mol.